The number of carbonyl (C=O) groups excluding carboxylic acids is 1. The molecule has 1 aliphatic carbocycles. The van der Waals surface area contributed by atoms with Crippen molar-refractivity contribution in [3.8, 4) is 5.75 Å². The van der Waals surface area contributed by atoms with E-state index in [1.807, 2.05) is 24.3 Å². The Morgan fingerprint density at radius 1 is 0.969 bits per heavy atom. The van der Waals surface area contributed by atoms with Crippen molar-refractivity contribution < 1.29 is 14.3 Å². The number of ether oxygens (including phenoxy) is 2. The van der Waals surface area contributed by atoms with Gasteiger partial charge in [-0.1, -0.05) is 89.9 Å². The van der Waals surface area contributed by atoms with Gasteiger partial charge in [0.05, 0.1) is 19.1 Å². The van der Waals surface area contributed by atoms with E-state index in [-0.39, 0.29) is 34.6 Å². The first kappa shape index (κ1) is 24.8. The lowest BCUT2D eigenvalue weighted by molar-refractivity contribution is -0.136. The molecule has 174 valence electrons. The Hall–Kier alpha value is -1.84. The fourth-order valence-corrected chi connectivity index (χ4v) is 4.38. The summed E-state index contributed by atoms with van der Waals surface area (Å²) in [4.78, 5) is 13.2. The molecule has 0 aliphatic heterocycles. The van der Waals surface area contributed by atoms with Crippen LogP contribution in [0.4, 0.5) is 0 Å². The van der Waals surface area contributed by atoms with E-state index in [4.69, 9.17) is 21.1 Å². The average Bonchev–Trinajstić information content (AvgIpc) is 3.32. The number of halogens is 1. The van der Waals surface area contributed by atoms with Crippen LogP contribution in [0.2, 0.25) is 5.02 Å². The Balaban J connectivity index is 1.72. The zero-order valence-corrected chi connectivity index (χ0v) is 21.5. The molecule has 2 aromatic carbocycles. The summed E-state index contributed by atoms with van der Waals surface area (Å²) >= 11 is 5.94. The average molecular weight is 457 g/mol. The van der Waals surface area contributed by atoms with Crippen molar-refractivity contribution in [2.24, 2.45) is 17.8 Å². The van der Waals surface area contributed by atoms with Crippen LogP contribution in [0.25, 0.3) is 0 Å². The van der Waals surface area contributed by atoms with Crippen LogP contribution in [-0.4, -0.2) is 12.6 Å². The molecule has 0 N–H and O–H groups in total. The molecule has 1 saturated carbocycles. The van der Waals surface area contributed by atoms with E-state index in [0.29, 0.717) is 18.2 Å². The van der Waals surface area contributed by atoms with E-state index < -0.39 is 0 Å². The number of aryl methyl sites for hydroxylation is 1. The summed E-state index contributed by atoms with van der Waals surface area (Å²) in [6.45, 7) is 18.3. The quantitative estimate of drug-likeness (QED) is 0.339. The van der Waals surface area contributed by atoms with Crippen LogP contribution in [0.15, 0.2) is 36.4 Å². The third-order valence-corrected chi connectivity index (χ3v) is 6.63. The summed E-state index contributed by atoms with van der Waals surface area (Å²) in [5.74, 6) is 0.922. The van der Waals surface area contributed by atoms with Gasteiger partial charge in [-0.25, -0.2) is 0 Å². The van der Waals surface area contributed by atoms with Crippen molar-refractivity contribution >= 4 is 17.6 Å². The van der Waals surface area contributed by atoms with Gasteiger partial charge in [-0.05, 0) is 47.3 Å². The maximum atomic E-state index is 13.2. The molecule has 0 spiro atoms. The second kappa shape index (κ2) is 9.19. The van der Waals surface area contributed by atoms with Gasteiger partial charge in [-0.2, -0.15) is 0 Å². The zero-order chi connectivity index (χ0) is 23.8. The summed E-state index contributed by atoms with van der Waals surface area (Å²) in [6.07, 6.45) is 0. The van der Waals surface area contributed by atoms with E-state index in [1.54, 1.807) is 0 Å². The minimum absolute atomic E-state index is 0.123. The number of hydrogen-bond acceptors (Lipinski definition) is 3. The van der Waals surface area contributed by atoms with E-state index >= 15 is 0 Å². The van der Waals surface area contributed by atoms with Crippen molar-refractivity contribution in [3.05, 3.63) is 63.7 Å². The van der Waals surface area contributed by atoms with Gasteiger partial charge < -0.3 is 9.47 Å². The molecule has 0 heterocycles. The van der Waals surface area contributed by atoms with Crippen molar-refractivity contribution in [2.45, 2.75) is 72.8 Å². The van der Waals surface area contributed by atoms with Gasteiger partial charge in [0.2, 0.25) is 0 Å². The van der Waals surface area contributed by atoms with Gasteiger partial charge in [-0.15, -0.1) is 0 Å². The Morgan fingerprint density at radius 2 is 1.50 bits per heavy atom. The van der Waals surface area contributed by atoms with Gasteiger partial charge in [0, 0.05) is 16.1 Å². The Bertz CT molecular complexity index is 929. The van der Waals surface area contributed by atoms with Gasteiger partial charge in [0.25, 0.3) is 0 Å². The molecule has 0 aromatic heterocycles. The second-order valence-corrected chi connectivity index (χ2v) is 11.7. The van der Waals surface area contributed by atoms with E-state index in [9.17, 15) is 4.79 Å². The molecule has 1 aliphatic rings. The van der Waals surface area contributed by atoms with Gasteiger partial charge in [0.1, 0.15) is 5.75 Å². The largest absolute Gasteiger partial charge is 0.426 e. The molecular formula is C28H37ClO3. The minimum Gasteiger partial charge on any atom is -0.426 e. The molecule has 4 heteroatoms. The van der Waals surface area contributed by atoms with Crippen molar-refractivity contribution in [1.82, 2.24) is 0 Å². The molecule has 0 amide bonds. The molecule has 0 bridgehead atoms. The summed E-state index contributed by atoms with van der Waals surface area (Å²) in [6, 6.07) is 12.0. The predicted molar refractivity (Wildman–Crippen MR) is 131 cm³/mol. The first-order valence-electron chi connectivity index (χ1n) is 11.5. The molecule has 0 radical (unpaired) electrons. The first-order chi connectivity index (χ1) is 14.8. The summed E-state index contributed by atoms with van der Waals surface area (Å²) < 4.78 is 12.1. The number of hydrogen-bond donors (Lipinski definition) is 0. The number of benzene rings is 2. The van der Waals surface area contributed by atoms with Crippen molar-refractivity contribution in [1.29, 1.82) is 0 Å². The van der Waals surface area contributed by atoms with Crippen LogP contribution < -0.4 is 4.74 Å². The van der Waals surface area contributed by atoms with Gasteiger partial charge in [-0.3, -0.25) is 4.79 Å². The minimum atomic E-state index is -0.141. The van der Waals surface area contributed by atoms with Gasteiger partial charge >= 0.3 is 5.97 Å². The highest BCUT2D eigenvalue weighted by Gasteiger charge is 2.53. The SMILES string of the molecule is Cc1cc(C(C)(C)C)c(OC(=O)C2C(C)C2COCc2ccc(Cl)cc2)c(C(C)(C)C)c1. The molecule has 2 aromatic rings. The molecule has 3 unspecified atom stereocenters. The van der Waals surface area contributed by atoms with Crippen LogP contribution in [-0.2, 0) is 27.0 Å². The highest BCUT2D eigenvalue weighted by molar-refractivity contribution is 6.30. The fraction of sp³-hybridized carbons (Fsp3) is 0.536. The van der Waals surface area contributed by atoms with Crippen LogP contribution >= 0.6 is 11.6 Å². The molecule has 3 atom stereocenters. The number of carbonyl (C=O) groups is 1. The summed E-state index contributed by atoms with van der Waals surface area (Å²) in [5.41, 5.74) is 4.17. The monoisotopic (exact) mass is 456 g/mol. The number of esters is 1. The standard InChI is InChI=1S/C28H37ClO3/c1-17-13-22(27(3,4)5)25(23(14-17)28(6,7)8)32-26(30)24-18(2)21(24)16-31-15-19-9-11-20(29)12-10-19/h9-14,18,21,24H,15-16H2,1-8H3. The normalized spacial score (nSPS) is 20.8. The zero-order valence-electron chi connectivity index (χ0n) is 20.7. The van der Waals surface area contributed by atoms with Crippen LogP contribution in [0.3, 0.4) is 0 Å². The Morgan fingerprint density at radius 3 is 2.00 bits per heavy atom. The lowest BCUT2D eigenvalue weighted by Gasteiger charge is -2.30. The van der Waals surface area contributed by atoms with Crippen LogP contribution in [0.5, 0.6) is 5.75 Å². The van der Waals surface area contributed by atoms with Crippen LogP contribution in [0.1, 0.15) is 70.7 Å². The Labute approximate surface area is 198 Å². The molecule has 3 rings (SSSR count). The van der Waals surface area contributed by atoms with Gasteiger partial charge in [0.15, 0.2) is 0 Å². The molecule has 32 heavy (non-hydrogen) atoms. The second-order valence-electron chi connectivity index (χ2n) is 11.3. The lowest BCUT2D eigenvalue weighted by atomic mass is 9.78. The smallest absolute Gasteiger partial charge is 0.315 e. The predicted octanol–water partition coefficient (Wildman–Crippen LogP) is 7.25. The van der Waals surface area contributed by atoms with Crippen molar-refractivity contribution in [2.75, 3.05) is 6.61 Å². The molecule has 3 nitrogen and oxygen atoms in total. The third kappa shape index (κ3) is 5.74. The highest BCUT2D eigenvalue weighted by Crippen LogP contribution is 2.48. The van der Waals surface area contributed by atoms with E-state index in [1.165, 1.54) is 5.56 Å². The maximum absolute atomic E-state index is 13.2. The highest BCUT2D eigenvalue weighted by atomic mass is 35.5. The summed E-state index contributed by atoms with van der Waals surface area (Å²) in [5, 5.41) is 0.715. The lowest BCUT2D eigenvalue weighted by Crippen LogP contribution is -2.23. The third-order valence-electron chi connectivity index (χ3n) is 6.38. The first-order valence-corrected chi connectivity index (χ1v) is 11.9. The van der Waals surface area contributed by atoms with E-state index in [2.05, 4.69) is 67.5 Å². The van der Waals surface area contributed by atoms with Crippen LogP contribution in [0, 0.1) is 24.7 Å². The summed E-state index contributed by atoms with van der Waals surface area (Å²) in [7, 11) is 0. The maximum Gasteiger partial charge on any atom is 0.315 e. The topological polar surface area (TPSA) is 35.5 Å². The molecular weight excluding hydrogens is 420 g/mol. The molecule has 1 fully saturated rings. The van der Waals surface area contributed by atoms with Crippen molar-refractivity contribution in [3.63, 3.8) is 0 Å². The fourth-order valence-electron chi connectivity index (χ4n) is 4.25. The number of rotatable bonds is 6. The van der Waals surface area contributed by atoms with E-state index in [0.717, 1.165) is 22.4 Å². The Kier molecular flexibility index (Phi) is 7.12. The molecule has 0 saturated heterocycles.